The van der Waals surface area contributed by atoms with E-state index in [4.69, 9.17) is 15.2 Å². The molecule has 1 aliphatic rings. The Morgan fingerprint density at radius 2 is 2.19 bits per heavy atom. The number of hydrogen-bond donors (Lipinski definition) is 1. The van der Waals surface area contributed by atoms with Crippen LogP contribution in [0.2, 0.25) is 0 Å². The molecule has 0 atom stereocenters. The summed E-state index contributed by atoms with van der Waals surface area (Å²) in [6.07, 6.45) is 5.99. The number of aromatic nitrogens is 2. The minimum absolute atomic E-state index is 0.202. The van der Waals surface area contributed by atoms with E-state index < -0.39 is 0 Å². The number of rotatable bonds is 4. The first kappa shape index (κ1) is 11.1. The van der Waals surface area contributed by atoms with Gasteiger partial charge in [0.2, 0.25) is 5.88 Å². The van der Waals surface area contributed by atoms with E-state index in [0.29, 0.717) is 18.5 Å². The van der Waals surface area contributed by atoms with E-state index in [2.05, 4.69) is 9.97 Å². The molecule has 1 heterocycles. The van der Waals surface area contributed by atoms with Crippen LogP contribution in [-0.4, -0.2) is 29.2 Å². The van der Waals surface area contributed by atoms with Crippen molar-refractivity contribution in [2.45, 2.75) is 31.2 Å². The first-order chi connectivity index (χ1) is 7.72. The Bertz CT molecular complexity index is 351. The molecule has 1 aromatic rings. The molecule has 5 heteroatoms. The van der Waals surface area contributed by atoms with Gasteiger partial charge in [-0.15, -0.1) is 0 Å². The molecule has 1 aliphatic carbocycles. The van der Waals surface area contributed by atoms with Crippen LogP contribution >= 0.6 is 0 Å². The van der Waals surface area contributed by atoms with Crippen molar-refractivity contribution in [3.63, 3.8) is 0 Å². The van der Waals surface area contributed by atoms with E-state index in [1.54, 1.807) is 19.4 Å². The van der Waals surface area contributed by atoms with Crippen molar-refractivity contribution < 1.29 is 9.47 Å². The van der Waals surface area contributed by atoms with Gasteiger partial charge in [0, 0.05) is 12.3 Å². The minimum atomic E-state index is -0.202. The molecule has 2 N–H and O–H groups in total. The summed E-state index contributed by atoms with van der Waals surface area (Å²) >= 11 is 0. The molecule has 2 rings (SSSR count). The Labute approximate surface area is 95.0 Å². The Hall–Kier alpha value is -1.36. The third-order valence-electron chi connectivity index (χ3n) is 2.91. The Morgan fingerprint density at radius 1 is 1.44 bits per heavy atom. The topological polar surface area (TPSA) is 70.3 Å². The van der Waals surface area contributed by atoms with Crippen LogP contribution in [-0.2, 0) is 0 Å². The minimum Gasteiger partial charge on any atom is -0.481 e. The number of ether oxygens (including phenoxy) is 2. The molecular formula is C11H17N3O2. The van der Waals surface area contributed by atoms with Crippen LogP contribution in [0.5, 0.6) is 11.9 Å². The van der Waals surface area contributed by atoms with Crippen LogP contribution in [0.25, 0.3) is 0 Å². The van der Waals surface area contributed by atoms with Gasteiger partial charge in [-0.2, -0.15) is 4.98 Å². The fourth-order valence-corrected chi connectivity index (χ4v) is 1.94. The Morgan fingerprint density at radius 3 is 2.88 bits per heavy atom. The van der Waals surface area contributed by atoms with Crippen molar-refractivity contribution in [3.05, 3.63) is 12.3 Å². The van der Waals surface area contributed by atoms with Gasteiger partial charge >= 0.3 is 6.01 Å². The van der Waals surface area contributed by atoms with Crippen molar-refractivity contribution in [1.82, 2.24) is 9.97 Å². The predicted molar refractivity (Wildman–Crippen MR) is 59.5 cm³/mol. The molecule has 0 amide bonds. The van der Waals surface area contributed by atoms with Crippen LogP contribution in [0.15, 0.2) is 12.3 Å². The lowest BCUT2D eigenvalue weighted by Crippen LogP contribution is -2.42. The summed E-state index contributed by atoms with van der Waals surface area (Å²) in [6.45, 7) is 0.472. The highest BCUT2D eigenvalue weighted by molar-refractivity contribution is 5.11. The summed E-state index contributed by atoms with van der Waals surface area (Å²) in [5, 5.41) is 0. The standard InChI is InChI=1S/C11H17N3O2/c1-15-9-4-7-13-10(14-9)16-8-11(12)5-2-3-6-11/h4,7H,2-3,5-6,8,12H2,1H3. The summed E-state index contributed by atoms with van der Waals surface area (Å²) in [6, 6.07) is 2.01. The van der Waals surface area contributed by atoms with Gasteiger partial charge in [0.25, 0.3) is 0 Å². The average molecular weight is 223 g/mol. The highest BCUT2D eigenvalue weighted by Gasteiger charge is 2.30. The molecule has 1 fully saturated rings. The molecule has 5 nitrogen and oxygen atoms in total. The largest absolute Gasteiger partial charge is 0.481 e. The Balaban J connectivity index is 1.93. The quantitative estimate of drug-likeness (QED) is 0.828. The van der Waals surface area contributed by atoms with Crippen molar-refractivity contribution in [2.75, 3.05) is 13.7 Å². The molecule has 1 saturated carbocycles. The van der Waals surface area contributed by atoms with E-state index in [0.717, 1.165) is 12.8 Å². The zero-order valence-electron chi connectivity index (χ0n) is 9.48. The van der Waals surface area contributed by atoms with Crippen molar-refractivity contribution >= 4 is 0 Å². The maximum atomic E-state index is 6.17. The van der Waals surface area contributed by atoms with Crippen molar-refractivity contribution in [2.24, 2.45) is 5.73 Å². The monoisotopic (exact) mass is 223 g/mol. The molecule has 1 aromatic heterocycles. The summed E-state index contributed by atoms with van der Waals surface area (Å²) in [5.41, 5.74) is 5.96. The fraction of sp³-hybridized carbons (Fsp3) is 0.636. The van der Waals surface area contributed by atoms with Gasteiger partial charge in [0.05, 0.1) is 12.6 Å². The highest BCUT2D eigenvalue weighted by atomic mass is 16.5. The maximum Gasteiger partial charge on any atom is 0.319 e. The van der Waals surface area contributed by atoms with Crippen molar-refractivity contribution in [3.8, 4) is 11.9 Å². The predicted octanol–water partition coefficient (Wildman–Crippen LogP) is 1.14. The summed E-state index contributed by atoms with van der Waals surface area (Å²) < 4.78 is 10.5. The highest BCUT2D eigenvalue weighted by Crippen LogP contribution is 2.27. The van der Waals surface area contributed by atoms with Gasteiger partial charge in [-0.3, -0.25) is 0 Å². The normalized spacial score (nSPS) is 18.4. The van der Waals surface area contributed by atoms with E-state index in [1.807, 2.05) is 0 Å². The van der Waals surface area contributed by atoms with Gasteiger partial charge in [-0.1, -0.05) is 12.8 Å². The number of nitrogens with zero attached hydrogens (tertiary/aromatic N) is 2. The molecule has 0 spiro atoms. The smallest absolute Gasteiger partial charge is 0.319 e. The summed E-state index contributed by atoms with van der Waals surface area (Å²) in [7, 11) is 1.56. The second-order valence-electron chi connectivity index (χ2n) is 4.24. The van der Waals surface area contributed by atoms with Crippen LogP contribution in [0.1, 0.15) is 25.7 Å². The van der Waals surface area contributed by atoms with E-state index in [-0.39, 0.29) is 5.54 Å². The lowest BCUT2D eigenvalue weighted by molar-refractivity contribution is 0.203. The lowest BCUT2D eigenvalue weighted by Gasteiger charge is -2.22. The van der Waals surface area contributed by atoms with E-state index in [9.17, 15) is 0 Å². The van der Waals surface area contributed by atoms with Crippen molar-refractivity contribution in [1.29, 1.82) is 0 Å². The van der Waals surface area contributed by atoms with Gasteiger partial charge in [0.1, 0.15) is 6.61 Å². The molecule has 0 aromatic carbocycles. The fourth-order valence-electron chi connectivity index (χ4n) is 1.94. The first-order valence-electron chi connectivity index (χ1n) is 5.51. The van der Waals surface area contributed by atoms with E-state index >= 15 is 0 Å². The summed E-state index contributed by atoms with van der Waals surface area (Å²) in [5.74, 6) is 0.502. The maximum absolute atomic E-state index is 6.17. The number of nitrogens with two attached hydrogens (primary N) is 1. The van der Waals surface area contributed by atoms with E-state index in [1.165, 1.54) is 12.8 Å². The molecule has 16 heavy (non-hydrogen) atoms. The van der Waals surface area contributed by atoms with Gasteiger partial charge in [-0.05, 0) is 12.8 Å². The van der Waals surface area contributed by atoms with Crippen LogP contribution in [0.3, 0.4) is 0 Å². The second-order valence-corrected chi connectivity index (χ2v) is 4.24. The molecule has 0 aliphatic heterocycles. The second kappa shape index (κ2) is 4.65. The van der Waals surface area contributed by atoms with Crippen LogP contribution in [0, 0.1) is 0 Å². The third-order valence-corrected chi connectivity index (χ3v) is 2.91. The molecule has 0 radical (unpaired) electrons. The lowest BCUT2D eigenvalue weighted by atomic mass is 10.0. The van der Waals surface area contributed by atoms with Gasteiger partial charge < -0.3 is 15.2 Å². The molecule has 0 unspecified atom stereocenters. The zero-order valence-corrected chi connectivity index (χ0v) is 9.48. The summed E-state index contributed by atoms with van der Waals surface area (Å²) in [4.78, 5) is 8.08. The van der Waals surface area contributed by atoms with Crippen LogP contribution in [0.4, 0.5) is 0 Å². The number of methoxy groups -OCH3 is 1. The molecule has 0 saturated heterocycles. The van der Waals surface area contributed by atoms with Gasteiger partial charge in [0.15, 0.2) is 0 Å². The molecule has 88 valence electrons. The van der Waals surface area contributed by atoms with Gasteiger partial charge in [-0.25, -0.2) is 4.98 Å². The third kappa shape index (κ3) is 2.61. The molecule has 0 bridgehead atoms. The first-order valence-corrected chi connectivity index (χ1v) is 5.51. The molecular weight excluding hydrogens is 206 g/mol. The van der Waals surface area contributed by atoms with Crippen LogP contribution < -0.4 is 15.2 Å². The Kier molecular flexibility index (Phi) is 3.24. The average Bonchev–Trinajstić information content (AvgIpc) is 2.75. The zero-order chi connectivity index (χ0) is 11.4. The number of hydrogen-bond acceptors (Lipinski definition) is 5. The SMILES string of the molecule is COc1ccnc(OCC2(N)CCCC2)n1.